The predicted molar refractivity (Wildman–Crippen MR) is 122 cm³/mol. The molecule has 5 nitrogen and oxygen atoms in total. The van der Waals surface area contributed by atoms with Crippen molar-refractivity contribution in [3.8, 4) is 11.5 Å². The van der Waals surface area contributed by atoms with Crippen LogP contribution in [-0.2, 0) is 9.53 Å². The van der Waals surface area contributed by atoms with Gasteiger partial charge in [-0.25, -0.2) is 0 Å². The van der Waals surface area contributed by atoms with E-state index in [0.717, 1.165) is 60.8 Å². The number of nitrogen functional groups attached to an aromatic ring is 1. The van der Waals surface area contributed by atoms with Gasteiger partial charge in [-0.15, -0.1) is 0 Å². The Hall–Kier alpha value is -2.69. The first-order valence-corrected chi connectivity index (χ1v) is 10.8. The van der Waals surface area contributed by atoms with Crippen molar-refractivity contribution < 1.29 is 14.3 Å². The molecule has 0 spiro atoms. The Labute approximate surface area is 180 Å². The second-order valence-electron chi connectivity index (χ2n) is 9.12. The number of esters is 1. The molecule has 0 aromatic heterocycles. The van der Waals surface area contributed by atoms with Crippen LogP contribution in [0.15, 0.2) is 42.5 Å². The van der Waals surface area contributed by atoms with E-state index in [1.54, 1.807) is 0 Å². The molecule has 0 bridgehead atoms. The molecule has 2 aromatic carbocycles. The number of ether oxygens (including phenoxy) is 2. The van der Waals surface area contributed by atoms with Crippen molar-refractivity contribution in [2.24, 2.45) is 5.92 Å². The molecule has 1 heterocycles. The van der Waals surface area contributed by atoms with Gasteiger partial charge in [0.2, 0.25) is 0 Å². The predicted octanol–water partition coefficient (Wildman–Crippen LogP) is 5.71. The van der Waals surface area contributed by atoms with E-state index < -0.39 is 5.60 Å². The second kappa shape index (κ2) is 9.41. The van der Waals surface area contributed by atoms with Crippen LogP contribution in [0.4, 0.5) is 11.4 Å². The van der Waals surface area contributed by atoms with E-state index in [1.807, 2.05) is 63.2 Å². The maximum absolute atomic E-state index is 12.1. The zero-order valence-electron chi connectivity index (χ0n) is 18.6. The zero-order chi connectivity index (χ0) is 21.7. The summed E-state index contributed by atoms with van der Waals surface area (Å²) in [5, 5.41) is 0. The summed E-state index contributed by atoms with van der Waals surface area (Å²) in [6.07, 6.45) is 3.51. The summed E-state index contributed by atoms with van der Waals surface area (Å²) >= 11 is 0. The van der Waals surface area contributed by atoms with E-state index >= 15 is 0 Å². The van der Waals surface area contributed by atoms with Crippen molar-refractivity contribution in [2.75, 3.05) is 23.7 Å². The van der Waals surface area contributed by atoms with Crippen LogP contribution in [-0.4, -0.2) is 24.7 Å². The molecule has 0 amide bonds. The van der Waals surface area contributed by atoms with Crippen molar-refractivity contribution in [1.82, 2.24) is 0 Å². The maximum atomic E-state index is 12.1. The molecular formula is C25H34N2O3. The number of carbonyl (C=O) groups is 1. The van der Waals surface area contributed by atoms with E-state index in [1.165, 1.54) is 0 Å². The lowest BCUT2D eigenvalue weighted by Gasteiger charge is -2.36. The number of carbonyl (C=O) groups excluding carboxylic acids is 1. The van der Waals surface area contributed by atoms with E-state index in [9.17, 15) is 4.79 Å². The van der Waals surface area contributed by atoms with Crippen molar-refractivity contribution >= 4 is 17.3 Å². The molecular weight excluding hydrogens is 376 g/mol. The van der Waals surface area contributed by atoms with Crippen LogP contribution in [0, 0.1) is 12.8 Å². The average Bonchev–Trinajstić information content (AvgIpc) is 2.69. The molecule has 0 unspecified atom stereocenters. The quantitative estimate of drug-likeness (QED) is 0.488. The molecule has 0 radical (unpaired) electrons. The van der Waals surface area contributed by atoms with Crippen molar-refractivity contribution in [3.63, 3.8) is 0 Å². The molecule has 1 saturated heterocycles. The van der Waals surface area contributed by atoms with E-state index in [2.05, 4.69) is 11.8 Å². The van der Waals surface area contributed by atoms with Gasteiger partial charge in [0.05, 0.1) is 11.4 Å². The van der Waals surface area contributed by atoms with Crippen LogP contribution >= 0.6 is 0 Å². The highest BCUT2D eigenvalue weighted by molar-refractivity contribution is 5.75. The summed E-state index contributed by atoms with van der Waals surface area (Å²) < 4.78 is 11.6. The monoisotopic (exact) mass is 410 g/mol. The fraction of sp³-hybridized carbons (Fsp3) is 0.480. The van der Waals surface area contributed by atoms with Crippen molar-refractivity contribution in [3.05, 3.63) is 48.0 Å². The first-order valence-electron chi connectivity index (χ1n) is 10.8. The molecule has 5 heteroatoms. The molecule has 162 valence electrons. The summed E-state index contributed by atoms with van der Waals surface area (Å²) in [4.78, 5) is 14.5. The Morgan fingerprint density at radius 1 is 1.17 bits per heavy atom. The number of nitrogens with zero attached hydrogens (tertiary/aromatic N) is 1. The lowest BCUT2D eigenvalue weighted by Crippen LogP contribution is -2.36. The summed E-state index contributed by atoms with van der Waals surface area (Å²) in [6, 6.07) is 13.6. The minimum absolute atomic E-state index is 0.117. The number of rotatable bonds is 6. The average molecular weight is 411 g/mol. The van der Waals surface area contributed by atoms with E-state index in [4.69, 9.17) is 15.2 Å². The molecule has 0 saturated carbocycles. The first kappa shape index (κ1) is 22.0. The summed E-state index contributed by atoms with van der Waals surface area (Å²) in [5.41, 5.74) is 8.81. The minimum atomic E-state index is -0.430. The van der Waals surface area contributed by atoms with Gasteiger partial charge in [-0.2, -0.15) is 0 Å². The van der Waals surface area contributed by atoms with Crippen LogP contribution in [0.3, 0.4) is 0 Å². The van der Waals surface area contributed by atoms with E-state index in [-0.39, 0.29) is 5.97 Å². The Kier molecular flexibility index (Phi) is 6.91. The third kappa shape index (κ3) is 5.91. The molecule has 0 aliphatic carbocycles. The maximum Gasteiger partial charge on any atom is 0.306 e. The molecule has 2 N–H and O–H groups in total. The van der Waals surface area contributed by atoms with Crippen LogP contribution in [0.25, 0.3) is 0 Å². The van der Waals surface area contributed by atoms with Crippen LogP contribution in [0.1, 0.15) is 52.0 Å². The van der Waals surface area contributed by atoms with Crippen LogP contribution in [0.2, 0.25) is 0 Å². The number of hydrogen-bond acceptors (Lipinski definition) is 5. The molecule has 2 aromatic rings. The number of anilines is 2. The van der Waals surface area contributed by atoms with Gasteiger partial charge in [-0.1, -0.05) is 18.2 Å². The molecule has 30 heavy (non-hydrogen) atoms. The van der Waals surface area contributed by atoms with Gasteiger partial charge >= 0.3 is 5.97 Å². The third-order valence-corrected chi connectivity index (χ3v) is 5.40. The Bertz CT molecular complexity index is 859. The van der Waals surface area contributed by atoms with Gasteiger partial charge in [0.25, 0.3) is 0 Å². The van der Waals surface area contributed by atoms with Crippen molar-refractivity contribution in [1.29, 1.82) is 0 Å². The number of para-hydroxylation sites is 1. The summed E-state index contributed by atoms with van der Waals surface area (Å²) in [7, 11) is 0. The second-order valence-corrected chi connectivity index (χ2v) is 9.12. The number of hydrogen-bond donors (Lipinski definition) is 1. The molecule has 3 rings (SSSR count). The Balaban J connectivity index is 1.69. The first-order chi connectivity index (χ1) is 14.2. The smallest absolute Gasteiger partial charge is 0.306 e. The minimum Gasteiger partial charge on any atom is -0.460 e. The summed E-state index contributed by atoms with van der Waals surface area (Å²) in [5.74, 6) is 1.96. The number of benzene rings is 2. The highest BCUT2D eigenvalue weighted by Gasteiger charge is 2.25. The van der Waals surface area contributed by atoms with Crippen molar-refractivity contribution in [2.45, 2.75) is 59.0 Å². The molecule has 1 aliphatic rings. The van der Waals surface area contributed by atoms with Gasteiger partial charge in [0.15, 0.2) is 0 Å². The van der Waals surface area contributed by atoms with Gasteiger partial charge in [0, 0.05) is 25.1 Å². The number of piperidine rings is 1. The van der Waals surface area contributed by atoms with Gasteiger partial charge < -0.3 is 20.1 Å². The normalized spacial score (nSPS) is 16.9. The third-order valence-electron chi connectivity index (χ3n) is 5.40. The van der Waals surface area contributed by atoms with Crippen LogP contribution in [0.5, 0.6) is 11.5 Å². The van der Waals surface area contributed by atoms with Crippen LogP contribution < -0.4 is 15.4 Å². The lowest BCUT2D eigenvalue weighted by molar-refractivity contribution is -0.155. The topological polar surface area (TPSA) is 64.8 Å². The largest absolute Gasteiger partial charge is 0.460 e. The fourth-order valence-corrected chi connectivity index (χ4v) is 4.07. The molecule has 1 aliphatic heterocycles. The van der Waals surface area contributed by atoms with Gasteiger partial charge in [-0.05, 0) is 77.1 Å². The fourth-order valence-electron chi connectivity index (χ4n) is 4.07. The van der Waals surface area contributed by atoms with Gasteiger partial charge in [-0.3, -0.25) is 4.79 Å². The zero-order valence-corrected chi connectivity index (χ0v) is 18.6. The number of nitrogens with two attached hydrogens (primary N) is 1. The highest BCUT2D eigenvalue weighted by Crippen LogP contribution is 2.38. The highest BCUT2D eigenvalue weighted by atomic mass is 16.6. The standard InChI is InChI=1S/C25H34N2O3/c1-18-22(29-20-10-6-5-7-11-20)14-13-21(26)24(18)27-16-8-9-19(17-27)12-15-23(28)30-25(2,3)4/h5-7,10-11,13-14,19H,8-9,12,15-17,26H2,1-4H3/t19-/m0/s1. The Morgan fingerprint density at radius 2 is 1.90 bits per heavy atom. The lowest BCUT2D eigenvalue weighted by atomic mass is 9.92. The SMILES string of the molecule is Cc1c(Oc2ccccc2)ccc(N)c1N1CCC[C@@H](CCC(=O)OC(C)(C)C)C1. The Morgan fingerprint density at radius 3 is 2.60 bits per heavy atom. The summed E-state index contributed by atoms with van der Waals surface area (Å²) in [6.45, 7) is 9.63. The van der Waals surface area contributed by atoms with E-state index in [0.29, 0.717) is 12.3 Å². The molecule has 1 atom stereocenters. The molecule has 1 fully saturated rings. The van der Waals surface area contributed by atoms with Gasteiger partial charge in [0.1, 0.15) is 17.1 Å².